The largest absolute Gasteiger partial charge is 0.469 e. The maximum Gasteiger partial charge on any atom is 0.308 e. The van der Waals surface area contributed by atoms with Gasteiger partial charge in [0.05, 0.1) is 13.0 Å². The Balaban J connectivity index is 1.94. The van der Waals surface area contributed by atoms with Crippen molar-refractivity contribution in [3.63, 3.8) is 0 Å². The molecule has 0 N–H and O–H groups in total. The van der Waals surface area contributed by atoms with E-state index in [0.29, 0.717) is 31.7 Å². The van der Waals surface area contributed by atoms with Crippen molar-refractivity contribution in [3.05, 3.63) is 23.7 Å². The van der Waals surface area contributed by atoms with Gasteiger partial charge in [0.15, 0.2) is 5.76 Å². The topological polar surface area (TPSA) is 59.8 Å². The Morgan fingerprint density at radius 3 is 2.58 bits per heavy atom. The molecule has 0 spiro atoms. The highest BCUT2D eigenvalue weighted by atomic mass is 16.5. The van der Waals surface area contributed by atoms with Crippen molar-refractivity contribution in [1.29, 1.82) is 0 Å². The lowest BCUT2D eigenvalue weighted by molar-refractivity contribution is -0.146. The van der Waals surface area contributed by atoms with Crippen LogP contribution < -0.4 is 0 Å². The first-order valence-electron chi connectivity index (χ1n) is 6.61. The summed E-state index contributed by atoms with van der Waals surface area (Å²) < 4.78 is 10.2. The van der Waals surface area contributed by atoms with Crippen LogP contribution in [0.5, 0.6) is 0 Å². The van der Waals surface area contributed by atoms with Gasteiger partial charge in [-0.2, -0.15) is 0 Å². The second-order valence-electron chi connectivity index (χ2n) is 4.71. The Kier molecular flexibility index (Phi) is 4.24. The molecule has 5 nitrogen and oxygen atoms in total. The third-order valence-corrected chi connectivity index (χ3v) is 3.54. The zero-order valence-corrected chi connectivity index (χ0v) is 11.3. The highest BCUT2D eigenvalue weighted by Crippen LogP contribution is 2.21. The number of esters is 1. The summed E-state index contributed by atoms with van der Waals surface area (Å²) in [5, 5.41) is 0. The van der Waals surface area contributed by atoms with E-state index in [0.717, 1.165) is 12.2 Å². The van der Waals surface area contributed by atoms with Crippen LogP contribution in [0.15, 0.2) is 16.5 Å². The molecule has 0 saturated carbocycles. The van der Waals surface area contributed by atoms with Crippen LogP contribution in [-0.2, 0) is 16.0 Å². The average molecular weight is 265 g/mol. The molecule has 1 fully saturated rings. The van der Waals surface area contributed by atoms with Gasteiger partial charge < -0.3 is 14.1 Å². The van der Waals surface area contributed by atoms with Crippen LogP contribution in [0.25, 0.3) is 0 Å². The van der Waals surface area contributed by atoms with Crippen molar-refractivity contribution in [2.75, 3.05) is 20.2 Å². The summed E-state index contributed by atoms with van der Waals surface area (Å²) in [6, 6.07) is 3.54. The van der Waals surface area contributed by atoms with E-state index in [1.165, 1.54) is 7.11 Å². The Bertz CT molecular complexity index is 458. The molecule has 0 aliphatic carbocycles. The normalized spacial score (nSPS) is 16.4. The highest BCUT2D eigenvalue weighted by Gasteiger charge is 2.29. The van der Waals surface area contributed by atoms with E-state index in [9.17, 15) is 9.59 Å². The Morgan fingerprint density at radius 2 is 2.05 bits per heavy atom. The fourth-order valence-electron chi connectivity index (χ4n) is 2.32. The molecule has 1 aliphatic heterocycles. The number of piperidine rings is 1. The smallest absolute Gasteiger partial charge is 0.308 e. The molecule has 5 heteroatoms. The van der Waals surface area contributed by atoms with E-state index < -0.39 is 0 Å². The maximum absolute atomic E-state index is 12.2. The SMILES string of the molecule is CCc1ccc(C(=O)N2CCC(C(=O)OC)CC2)o1. The van der Waals surface area contributed by atoms with Crippen molar-refractivity contribution < 1.29 is 18.7 Å². The minimum Gasteiger partial charge on any atom is -0.469 e. The summed E-state index contributed by atoms with van der Waals surface area (Å²) in [5.41, 5.74) is 0. The number of rotatable bonds is 3. The molecule has 1 aromatic heterocycles. The van der Waals surface area contributed by atoms with Crippen molar-refractivity contribution in [1.82, 2.24) is 4.90 Å². The van der Waals surface area contributed by atoms with E-state index >= 15 is 0 Å². The van der Waals surface area contributed by atoms with Gasteiger partial charge in [0.2, 0.25) is 0 Å². The van der Waals surface area contributed by atoms with Crippen LogP contribution in [0.2, 0.25) is 0 Å². The lowest BCUT2D eigenvalue weighted by Gasteiger charge is -2.30. The monoisotopic (exact) mass is 265 g/mol. The molecule has 0 bridgehead atoms. The van der Waals surface area contributed by atoms with Gasteiger partial charge in [-0.25, -0.2) is 0 Å². The number of furan rings is 1. The summed E-state index contributed by atoms with van der Waals surface area (Å²) in [4.78, 5) is 25.3. The van der Waals surface area contributed by atoms with Crippen molar-refractivity contribution in [3.8, 4) is 0 Å². The van der Waals surface area contributed by atoms with Crippen molar-refractivity contribution in [2.45, 2.75) is 26.2 Å². The summed E-state index contributed by atoms with van der Waals surface area (Å²) in [6.07, 6.45) is 2.08. The third kappa shape index (κ3) is 2.97. The molecule has 1 aliphatic rings. The van der Waals surface area contributed by atoms with Gasteiger partial charge in [0, 0.05) is 19.5 Å². The van der Waals surface area contributed by atoms with Crippen LogP contribution >= 0.6 is 0 Å². The molecular formula is C14H19NO4. The van der Waals surface area contributed by atoms with E-state index in [2.05, 4.69) is 0 Å². The summed E-state index contributed by atoms with van der Waals surface area (Å²) in [7, 11) is 1.40. The standard InChI is InChI=1S/C14H19NO4/c1-3-11-4-5-12(19-11)13(16)15-8-6-10(7-9-15)14(17)18-2/h4-5,10H,3,6-9H2,1-2H3. The number of likely N-dealkylation sites (tertiary alicyclic amines) is 1. The van der Waals surface area contributed by atoms with E-state index in [1.807, 2.05) is 13.0 Å². The van der Waals surface area contributed by atoms with E-state index in [1.54, 1.807) is 11.0 Å². The molecule has 0 atom stereocenters. The number of carbonyl (C=O) groups excluding carboxylic acids is 2. The van der Waals surface area contributed by atoms with Crippen LogP contribution in [0.4, 0.5) is 0 Å². The van der Waals surface area contributed by atoms with Gasteiger partial charge in [-0.05, 0) is 25.0 Å². The van der Waals surface area contributed by atoms with Crippen LogP contribution in [-0.4, -0.2) is 37.0 Å². The summed E-state index contributed by atoms with van der Waals surface area (Å²) >= 11 is 0. The molecule has 19 heavy (non-hydrogen) atoms. The van der Waals surface area contributed by atoms with Gasteiger partial charge in [-0.1, -0.05) is 6.92 Å². The molecule has 104 valence electrons. The molecule has 0 unspecified atom stereocenters. The number of aryl methyl sites for hydroxylation is 1. The number of hydrogen-bond acceptors (Lipinski definition) is 4. The zero-order valence-electron chi connectivity index (χ0n) is 11.3. The van der Waals surface area contributed by atoms with Gasteiger partial charge in [-0.3, -0.25) is 9.59 Å². The first-order valence-corrected chi connectivity index (χ1v) is 6.61. The van der Waals surface area contributed by atoms with Gasteiger partial charge in [0.25, 0.3) is 5.91 Å². The molecule has 0 aromatic carbocycles. The van der Waals surface area contributed by atoms with Crippen LogP contribution in [0.3, 0.4) is 0 Å². The van der Waals surface area contributed by atoms with Crippen LogP contribution in [0.1, 0.15) is 36.1 Å². The van der Waals surface area contributed by atoms with E-state index in [4.69, 9.17) is 9.15 Å². The minimum atomic E-state index is -0.182. The summed E-state index contributed by atoms with van der Waals surface area (Å²) in [6.45, 7) is 3.12. The predicted octanol–water partition coefficient (Wildman–Crippen LogP) is 1.87. The van der Waals surface area contributed by atoms with Crippen LogP contribution in [0, 0.1) is 5.92 Å². The van der Waals surface area contributed by atoms with Crippen molar-refractivity contribution in [2.24, 2.45) is 5.92 Å². The first kappa shape index (κ1) is 13.6. The molecule has 1 saturated heterocycles. The lowest BCUT2D eigenvalue weighted by atomic mass is 9.97. The molecule has 1 aromatic rings. The molecule has 0 radical (unpaired) electrons. The second kappa shape index (κ2) is 5.91. The maximum atomic E-state index is 12.2. The highest BCUT2D eigenvalue weighted by molar-refractivity contribution is 5.91. The third-order valence-electron chi connectivity index (χ3n) is 3.54. The molecule has 2 rings (SSSR count). The summed E-state index contributed by atoms with van der Waals surface area (Å²) in [5.74, 6) is 0.833. The van der Waals surface area contributed by atoms with Gasteiger partial charge in [-0.15, -0.1) is 0 Å². The fourth-order valence-corrected chi connectivity index (χ4v) is 2.32. The number of hydrogen-bond donors (Lipinski definition) is 0. The number of amides is 1. The van der Waals surface area contributed by atoms with Gasteiger partial charge in [0.1, 0.15) is 5.76 Å². The molecule has 2 heterocycles. The minimum absolute atomic E-state index is 0.0862. The lowest BCUT2D eigenvalue weighted by Crippen LogP contribution is -2.40. The average Bonchev–Trinajstić information content (AvgIpc) is 2.94. The van der Waals surface area contributed by atoms with Crippen molar-refractivity contribution >= 4 is 11.9 Å². The molecule has 1 amide bonds. The Hall–Kier alpha value is -1.78. The van der Waals surface area contributed by atoms with Gasteiger partial charge >= 0.3 is 5.97 Å². The predicted molar refractivity (Wildman–Crippen MR) is 68.7 cm³/mol. The number of carbonyl (C=O) groups is 2. The van der Waals surface area contributed by atoms with E-state index in [-0.39, 0.29) is 17.8 Å². The Labute approximate surface area is 112 Å². The quantitative estimate of drug-likeness (QED) is 0.783. The Morgan fingerprint density at radius 1 is 1.37 bits per heavy atom. The number of methoxy groups -OCH3 is 1. The first-order chi connectivity index (χ1) is 9.15. The number of ether oxygens (including phenoxy) is 1. The molecular weight excluding hydrogens is 246 g/mol. The fraction of sp³-hybridized carbons (Fsp3) is 0.571. The zero-order chi connectivity index (χ0) is 13.8. The second-order valence-corrected chi connectivity index (χ2v) is 4.71. The number of nitrogens with zero attached hydrogens (tertiary/aromatic N) is 1.